The average Bonchev–Trinajstić information content (AvgIpc) is 3.50. The number of thioether (sulfide) groups is 1. The van der Waals surface area contributed by atoms with Crippen molar-refractivity contribution >= 4 is 52.8 Å². The van der Waals surface area contributed by atoms with E-state index in [0.29, 0.717) is 12.8 Å². The Labute approximate surface area is 340 Å². The van der Waals surface area contributed by atoms with Crippen LogP contribution in [0.2, 0.25) is 0 Å². The van der Waals surface area contributed by atoms with E-state index in [-0.39, 0.29) is 24.1 Å². The molecule has 1 unspecified atom stereocenters. The van der Waals surface area contributed by atoms with Crippen LogP contribution in [0.15, 0.2) is 83.9 Å². The van der Waals surface area contributed by atoms with Gasteiger partial charge in [0, 0.05) is 46.1 Å². The van der Waals surface area contributed by atoms with Crippen LogP contribution in [-0.4, -0.2) is 97.2 Å². The van der Waals surface area contributed by atoms with Gasteiger partial charge in [0.25, 0.3) is 0 Å². The van der Waals surface area contributed by atoms with Crippen molar-refractivity contribution in [2.45, 2.75) is 89.6 Å². The zero-order valence-electron chi connectivity index (χ0n) is 32.8. The Kier molecular flexibility index (Phi) is 15.4. The molecule has 1 heterocycles. The largest absolute Gasteiger partial charge is 0.463 e. The van der Waals surface area contributed by atoms with Gasteiger partial charge in [-0.15, -0.1) is 0 Å². The first-order chi connectivity index (χ1) is 27.8. The second-order valence-electron chi connectivity index (χ2n) is 13.7. The van der Waals surface area contributed by atoms with Crippen LogP contribution < -0.4 is 10.6 Å². The number of alkyl carbamates (subject to hydrolysis) is 1. The molecule has 0 radical (unpaired) electrons. The molecule has 3 aromatic rings. The van der Waals surface area contributed by atoms with E-state index in [1.165, 1.54) is 6.92 Å². The van der Waals surface area contributed by atoms with Crippen molar-refractivity contribution in [3.05, 3.63) is 95.6 Å². The van der Waals surface area contributed by atoms with E-state index >= 15 is 0 Å². The minimum absolute atomic E-state index is 0.0221. The SMILES string of the molecule is CS/C(=N/C1O[C@H](COC(C)=O)[C@@H](OC(C)=O)[C@H](OC(C)=O)[C@H]1OC(C)=O)NC(=O)C[C@H](CCc1ccccc1)NC(=O)OCC1c2ccccc2-c2ccccc21. The van der Waals surface area contributed by atoms with Crippen LogP contribution in [0.25, 0.3) is 11.1 Å². The summed E-state index contributed by atoms with van der Waals surface area (Å²) >= 11 is 1.03. The van der Waals surface area contributed by atoms with Gasteiger partial charge in [0.15, 0.2) is 29.7 Å². The second kappa shape index (κ2) is 20.6. The zero-order chi connectivity index (χ0) is 41.8. The minimum atomic E-state index is -1.45. The number of ether oxygens (including phenoxy) is 6. The number of rotatable bonds is 14. The number of carbonyl (C=O) groups is 6. The molecule has 16 heteroatoms. The topological polar surface area (TPSA) is 194 Å². The molecule has 2 amide bonds. The lowest BCUT2D eigenvalue weighted by Gasteiger charge is -2.43. The molecule has 2 N–H and O–H groups in total. The third-order valence-electron chi connectivity index (χ3n) is 9.37. The van der Waals surface area contributed by atoms with Crippen LogP contribution in [0.3, 0.4) is 0 Å². The number of amidine groups is 1. The number of esters is 4. The maximum absolute atomic E-state index is 13.7. The van der Waals surface area contributed by atoms with Gasteiger partial charge >= 0.3 is 30.0 Å². The van der Waals surface area contributed by atoms with E-state index in [1.807, 2.05) is 66.7 Å². The summed E-state index contributed by atoms with van der Waals surface area (Å²) in [5, 5.41) is 5.64. The Bertz CT molecular complexity index is 1950. The number of hydrogen-bond donors (Lipinski definition) is 2. The molecule has 0 saturated carbocycles. The quantitative estimate of drug-likeness (QED) is 0.0973. The summed E-state index contributed by atoms with van der Waals surface area (Å²) < 4.78 is 33.4. The number of aryl methyl sites for hydroxylation is 1. The van der Waals surface area contributed by atoms with Gasteiger partial charge < -0.3 is 39.1 Å². The molecule has 308 valence electrons. The molecule has 58 heavy (non-hydrogen) atoms. The van der Waals surface area contributed by atoms with Crippen molar-refractivity contribution in [1.29, 1.82) is 0 Å². The lowest BCUT2D eigenvalue weighted by atomic mass is 9.97. The molecule has 0 spiro atoms. The Morgan fingerprint density at radius 3 is 1.86 bits per heavy atom. The number of carbonyl (C=O) groups excluding carboxylic acids is 6. The molecule has 1 aliphatic carbocycles. The Morgan fingerprint density at radius 1 is 0.707 bits per heavy atom. The van der Waals surface area contributed by atoms with E-state index in [4.69, 9.17) is 28.4 Å². The average molecular weight is 818 g/mol. The van der Waals surface area contributed by atoms with Crippen molar-refractivity contribution < 1.29 is 57.2 Å². The molecule has 1 aliphatic heterocycles. The highest BCUT2D eigenvalue weighted by atomic mass is 32.2. The van der Waals surface area contributed by atoms with Gasteiger partial charge in [-0.25, -0.2) is 9.79 Å². The third kappa shape index (κ3) is 11.9. The van der Waals surface area contributed by atoms with Crippen LogP contribution in [0.1, 0.15) is 63.1 Å². The summed E-state index contributed by atoms with van der Waals surface area (Å²) in [5.41, 5.74) is 5.34. The van der Waals surface area contributed by atoms with Crippen molar-refractivity contribution in [2.24, 2.45) is 4.99 Å². The van der Waals surface area contributed by atoms with Gasteiger partial charge in [-0.3, -0.25) is 24.0 Å². The summed E-state index contributed by atoms with van der Waals surface area (Å²) in [6.07, 6.45) is -5.17. The van der Waals surface area contributed by atoms with Gasteiger partial charge in [0.05, 0.1) is 0 Å². The van der Waals surface area contributed by atoms with Gasteiger partial charge in [-0.2, -0.15) is 0 Å². The Balaban J connectivity index is 1.33. The van der Waals surface area contributed by atoms with Crippen molar-refractivity contribution in [3.8, 4) is 11.1 Å². The maximum atomic E-state index is 13.7. The standard InChI is InChI=1S/C42H47N3O12S/c1-24(46)52-23-35-37(54-25(2)47)38(55-26(3)48)39(56-27(4)49)40(57-35)45-41(58-5)44-36(50)21-29(20-19-28-13-7-6-8-14-28)43-42(51)53-22-34-32-17-11-9-15-30(32)31-16-10-12-18-33(31)34/h6-18,29,34-35,37-40H,19-23H2,1-5H3,(H,43,51)(H,44,45,50)/t29-,35+,37+,38-,39+,40?/m0/s1. The van der Waals surface area contributed by atoms with E-state index in [2.05, 4.69) is 27.8 Å². The van der Waals surface area contributed by atoms with Crippen molar-refractivity contribution in [3.63, 3.8) is 0 Å². The fourth-order valence-corrected chi connectivity index (χ4v) is 7.40. The van der Waals surface area contributed by atoms with Gasteiger partial charge in [0.1, 0.15) is 19.3 Å². The van der Waals surface area contributed by atoms with Crippen LogP contribution in [0.4, 0.5) is 4.79 Å². The van der Waals surface area contributed by atoms with E-state index in [9.17, 15) is 28.8 Å². The number of fused-ring (bicyclic) bond motifs is 3. The molecule has 1 saturated heterocycles. The first kappa shape index (κ1) is 43.4. The molecule has 1 fully saturated rings. The first-order valence-electron chi connectivity index (χ1n) is 18.7. The van der Waals surface area contributed by atoms with E-state index in [0.717, 1.165) is 60.4 Å². The molecule has 0 bridgehead atoms. The predicted molar refractivity (Wildman–Crippen MR) is 212 cm³/mol. The van der Waals surface area contributed by atoms with Crippen molar-refractivity contribution in [2.75, 3.05) is 19.5 Å². The number of nitrogens with zero attached hydrogens (tertiary/aromatic N) is 1. The molecular formula is C42H47N3O12S. The highest BCUT2D eigenvalue weighted by Gasteiger charge is 2.52. The van der Waals surface area contributed by atoms with E-state index < -0.39 is 79.2 Å². The summed E-state index contributed by atoms with van der Waals surface area (Å²) in [6.45, 7) is 4.18. The molecule has 5 rings (SSSR count). The summed E-state index contributed by atoms with van der Waals surface area (Å²) in [4.78, 5) is 79.9. The van der Waals surface area contributed by atoms with Crippen LogP contribution in [0, 0.1) is 0 Å². The number of hydrogen-bond acceptors (Lipinski definition) is 14. The zero-order valence-corrected chi connectivity index (χ0v) is 33.7. The van der Waals surface area contributed by atoms with Crippen molar-refractivity contribution in [1.82, 2.24) is 10.6 Å². The Morgan fingerprint density at radius 2 is 1.28 bits per heavy atom. The number of aliphatic imine (C=N–C) groups is 1. The molecule has 3 aromatic carbocycles. The van der Waals surface area contributed by atoms with Crippen LogP contribution in [-0.2, 0) is 58.8 Å². The first-order valence-corrected chi connectivity index (χ1v) is 19.9. The van der Waals surface area contributed by atoms with Gasteiger partial charge in [-0.05, 0) is 46.9 Å². The summed E-state index contributed by atoms with van der Waals surface area (Å²) in [7, 11) is 0. The number of benzene rings is 3. The highest BCUT2D eigenvalue weighted by molar-refractivity contribution is 8.13. The molecule has 6 atom stereocenters. The fraction of sp³-hybridized carbons (Fsp3) is 0.405. The smallest absolute Gasteiger partial charge is 0.407 e. The monoisotopic (exact) mass is 817 g/mol. The maximum Gasteiger partial charge on any atom is 0.407 e. The minimum Gasteiger partial charge on any atom is -0.463 e. The highest BCUT2D eigenvalue weighted by Crippen LogP contribution is 2.44. The lowest BCUT2D eigenvalue weighted by molar-refractivity contribution is -0.250. The van der Waals surface area contributed by atoms with E-state index in [1.54, 1.807) is 6.26 Å². The Hall–Kier alpha value is -5.74. The molecule has 15 nitrogen and oxygen atoms in total. The molecule has 0 aromatic heterocycles. The lowest BCUT2D eigenvalue weighted by Crippen LogP contribution is -2.62. The normalized spacial score (nSPS) is 20.4. The fourth-order valence-electron chi connectivity index (χ4n) is 6.97. The molecule has 2 aliphatic rings. The number of nitrogens with one attached hydrogen (secondary N) is 2. The van der Waals surface area contributed by atoms with Crippen LogP contribution >= 0.6 is 11.8 Å². The third-order valence-corrected chi connectivity index (χ3v) is 9.97. The van der Waals surface area contributed by atoms with Gasteiger partial charge in [-0.1, -0.05) is 90.6 Å². The summed E-state index contributed by atoms with van der Waals surface area (Å²) in [6, 6.07) is 25.0. The van der Waals surface area contributed by atoms with Gasteiger partial charge in [0.2, 0.25) is 5.91 Å². The summed E-state index contributed by atoms with van der Waals surface area (Å²) in [5.74, 6) is -3.69. The predicted octanol–water partition coefficient (Wildman–Crippen LogP) is 4.83. The van der Waals surface area contributed by atoms with Crippen LogP contribution in [0.5, 0.6) is 0 Å². The number of amides is 2. The molecular weight excluding hydrogens is 771 g/mol. The second-order valence-corrected chi connectivity index (χ2v) is 14.5.